The van der Waals surface area contributed by atoms with Crippen LogP contribution in [0.15, 0.2) is 83.8 Å². The number of carbonyl (C=O) groups is 12. The van der Waals surface area contributed by atoms with E-state index in [0.717, 1.165) is 109 Å². The molecule has 6 aromatic rings. The molecule has 3 aliphatic heterocycles. The second kappa shape index (κ2) is 50.9. The lowest BCUT2D eigenvalue weighted by molar-refractivity contribution is -0.149. The maximum absolute atomic E-state index is 15.7. The third kappa shape index (κ3) is 29.7. The first-order chi connectivity index (χ1) is 66.9. The van der Waals surface area contributed by atoms with Gasteiger partial charge in [-0.05, 0) is 186 Å². The van der Waals surface area contributed by atoms with Crippen LogP contribution in [0.1, 0.15) is 252 Å². The van der Waals surface area contributed by atoms with E-state index in [-0.39, 0.29) is 106 Å². The number of carbonyl (C=O) groups excluding carboxylic acids is 12. The summed E-state index contributed by atoms with van der Waals surface area (Å²) in [6.07, 6.45) is 12.7. The van der Waals surface area contributed by atoms with Gasteiger partial charge in [-0.15, -0.1) is 5.10 Å². The normalized spacial score (nSPS) is 20.8. The first-order valence-electron chi connectivity index (χ1n) is 49.2. The van der Waals surface area contributed by atoms with Crippen LogP contribution in [0.5, 0.6) is 0 Å². The number of hydrogen-bond acceptors (Lipinski definition) is 23. The number of hydrogen-bond donors (Lipinski definition) is 10. The number of aryl methyl sites for hydroxylation is 1. The molecule has 0 unspecified atom stereocenters. The number of anilines is 3. The molecule has 6 aliphatic rings. The zero-order valence-electron chi connectivity index (χ0n) is 83.6. The Labute approximate surface area is 821 Å². The maximum atomic E-state index is 15.7. The predicted molar refractivity (Wildman–Crippen MR) is 517 cm³/mol. The van der Waals surface area contributed by atoms with Crippen LogP contribution >= 0.6 is 0 Å². The fourth-order valence-corrected chi connectivity index (χ4v) is 18.6. The molecule has 3 aliphatic carbocycles. The standard InChI is InChI=1S/C35H44F3N7O4.C34H50FN7O5.C31H46FN9O4/c1-5-29(46)42-30(33(48)45-14-12-44(4)13-15-45)22(3)25-10-11-28(27(36)17-25)41-32(47)31(24-8-6-21(2)7-9-24)43-34(49)35(37,38)26-16-23(18-39)19-40-20-26;1-7-27(43)38-28(33(46)42-16-14-41(6)15-17-42)21(3)23-12-13-26(25(35)18-23)37-32(45)29(22-10-8-20(2)9-11-22)39-31(44)24-19-47-40-30(24)34(4,5)36;1-6-25(42)34-26(31(45)40-16-14-39(5)15-17-40)20(4)22-12-13-24(23(32)18-22)33-29(43)27(21-10-8-19(3)9-11-21)35-30(44)28-36-37-38-41(28)7-2/h10-11,16-17,19-22,24,30-31H,5-9,12-15H2,1-4H3,(H,41,47)(H,42,46)(H,43,49);12-13,18-22,28-29H,7-11,14-17,36H2,1-6H3,(H,37,45)(H,38,43)(H,39,44);12-13,18-21,26-27H,6-11,14-17H2,1-5H3,(H,33,43)(H,34,42)(H,35,44)/t21?,22-,24?,30+,31-;20?,21-,22?,28+,29-;19?,20-,21?,26+,27-/m000/s1. The van der Waals surface area contributed by atoms with Crippen LogP contribution in [0.2, 0.25) is 0 Å². The molecule has 141 heavy (non-hydrogen) atoms. The van der Waals surface area contributed by atoms with Crippen LogP contribution in [0.4, 0.5) is 39.0 Å². The molecule has 6 heterocycles. The SMILES string of the molecule is CCC(=O)N[C@@H](C(=O)N1CCN(C)CC1)[C@@H](C)c1ccc(NC(=O)[C@@H](NC(=O)C(F)(F)c2cncc(C#N)c2)C2CCC(C)CC2)c(F)c1.CCC(=O)N[C@@H](C(=O)N1CCN(C)CC1)[C@@H](C)c1ccc(NC(=O)[C@@H](NC(=O)c2conc2C(C)(C)N)C2CCC(C)CC2)c(F)c1.CCC(=O)N[C@@H](C(=O)N1CCN(C)CC1)[C@@H](C)c1ccc(NC(=O)[C@@H](NC(=O)c2nnnn2CC)C2CCC(C)CC2)c(F)c1. The van der Waals surface area contributed by atoms with Crippen molar-refractivity contribution >= 4 is 87.9 Å². The minimum atomic E-state index is -4.10. The van der Waals surface area contributed by atoms with Gasteiger partial charge in [-0.2, -0.15) is 14.0 Å². The average Bonchev–Trinajstić information content (AvgIpc) is 1.36. The van der Waals surface area contributed by atoms with Crippen molar-refractivity contribution in [1.29, 1.82) is 5.26 Å². The maximum Gasteiger partial charge on any atom is 0.351 e. The van der Waals surface area contributed by atoms with Crippen molar-refractivity contribution in [1.82, 2.24) is 91.6 Å². The third-order valence-corrected chi connectivity index (χ3v) is 28.3. The Morgan fingerprint density at radius 2 is 0.823 bits per heavy atom. The molecular formula is C100H140F5N23O13. The van der Waals surface area contributed by atoms with E-state index in [1.807, 2.05) is 28.1 Å². The Bertz CT molecular complexity index is 5370. The van der Waals surface area contributed by atoms with Gasteiger partial charge in [-0.1, -0.05) is 124 Å². The lowest BCUT2D eigenvalue weighted by Crippen LogP contribution is -2.55. The molecular weight excluding hydrogens is 1830 g/mol. The van der Waals surface area contributed by atoms with E-state index in [1.165, 1.54) is 53.4 Å². The highest BCUT2D eigenvalue weighted by molar-refractivity contribution is 6.03. The van der Waals surface area contributed by atoms with Crippen LogP contribution < -0.4 is 53.6 Å². The first kappa shape index (κ1) is 111. The van der Waals surface area contributed by atoms with Crippen molar-refractivity contribution in [3.05, 3.63) is 142 Å². The van der Waals surface area contributed by atoms with Crippen LogP contribution in [-0.4, -0.2) is 267 Å². The molecule has 0 spiro atoms. The summed E-state index contributed by atoms with van der Waals surface area (Å²) in [5, 5.41) is 48.3. The number of nitrogens with one attached hydrogen (secondary N) is 9. The van der Waals surface area contributed by atoms with Gasteiger partial charge in [0.05, 0.1) is 33.7 Å². The Balaban J connectivity index is 0.000000218. The highest BCUT2D eigenvalue weighted by Gasteiger charge is 2.47. The van der Waals surface area contributed by atoms with E-state index in [4.69, 9.17) is 15.5 Å². The van der Waals surface area contributed by atoms with Gasteiger partial charge < -0.3 is 87.5 Å². The second-order valence-electron chi connectivity index (χ2n) is 39.3. The molecule has 0 bridgehead atoms. The molecule has 3 saturated heterocycles. The van der Waals surface area contributed by atoms with Crippen molar-refractivity contribution in [3.8, 4) is 6.07 Å². The summed E-state index contributed by atoms with van der Waals surface area (Å²) in [5.74, 6) is -13.7. The molecule has 3 aromatic carbocycles. The van der Waals surface area contributed by atoms with E-state index in [2.05, 4.69) is 102 Å². The zero-order chi connectivity index (χ0) is 103. The summed E-state index contributed by atoms with van der Waals surface area (Å²) in [6.45, 7) is 29.7. The molecule has 11 N–H and O–H groups in total. The quantitative estimate of drug-likeness (QED) is 0.0171. The first-order valence-corrected chi connectivity index (χ1v) is 49.2. The number of nitrogens with two attached hydrogens (primary N) is 1. The monoisotopic (exact) mass is 1970 g/mol. The summed E-state index contributed by atoms with van der Waals surface area (Å²) < 4.78 is 83.8. The Morgan fingerprint density at radius 1 is 0.482 bits per heavy atom. The average molecular weight is 1970 g/mol. The molecule has 0 radical (unpaired) electrons. The van der Waals surface area contributed by atoms with Gasteiger partial charge >= 0.3 is 5.92 Å². The third-order valence-electron chi connectivity index (χ3n) is 28.3. The van der Waals surface area contributed by atoms with Crippen molar-refractivity contribution < 1.29 is 84.0 Å². The lowest BCUT2D eigenvalue weighted by atomic mass is 9.79. The Hall–Kier alpha value is -12.3. The van der Waals surface area contributed by atoms with E-state index < -0.39 is 130 Å². The van der Waals surface area contributed by atoms with Crippen molar-refractivity contribution in [2.75, 3.05) is 116 Å². The van der Waals surface area contributed by atoms with Gasteiger partial charge in [0, 0.05) is 134 Å². The van der Waals surface area contributed by atoms with E-state index in [0.29, 0.717) is 106 Å². The van der Waals surface area contributed by atoms with E-state index >= 15 is 22.0 Å². The summed E-state index contributed by atoms with van der Waals surface area (Å²) in [6, 6.07) is 9.41. The molecule has 36 nitrogen and oxygen atoms in total. The minimum Gasteiger partial charge on any atom is -0.364 e. The summed E-state index contributed by atoms with van der Waals surface area (Å²) >= 11 is 0. The second-order valence-corrected chi connectivity index (χ2v) is 39.3. The molecule has 12 rings (SSSR count). The molecule has 768 valence electrons. The van der Waals surface area contributed by atoms with Crippen molar-refractivity contribution in [3.63, 3.8) is 0 Å². The lowest BCUT2D eigenvalue weighted by Gasteiger charge is -2.36. The molecule has 41 heteroatoms. The zero-order valence-corrected chi connectivity index (χ0v) is 83.6. The summed E-state index contributed by atoms with van der Waals surface area (Å²) in [7, 11) is 5.94. The smallest absolute Gasteiger partial charge is 0.351 e. The number of halogens is 5. The number of benzene rings is 3. The number of nitriles is 1. The highest BCUT2D eigenvalue weighted by Crippen LogP contribution is 2.39. The van der Waals surface area contributed by atoms with Gasteiger partial charge in [0.25, 0.3) is 17.7 Å². The van der Waals surface area contributed by atoms with Crippen molar-refractivity contribution in [2.24, 2.45) is 41.2 Å². The number of likely N-dealkylation sites (N-methyl/N-ethyl adjacent to an activating group) is 3. The number of alkyl halides is 2. The van der Waals surface area contributed by atoms with Gasteiger partial charge in [0.15, 0.2) is 0 Å². The minimum absolute atomic E-state index is 0.000150. The van der Waals surface area contributed by atoms with Crippen molar-refractivity contribution in [2.45, 2.75) is 251 Å². The van der Waals surface area contributed by atoms with E-state index in [9.17, 15) is 57.5 Å². The number of piperazine rings is 3. The number of pyridine rings is 1. The predicted octanol–water partition coefficient (Wildman–Crippen LogP) is 9.42. The highest BCUT2D eigenvalue weighted by atomic mass is 19.3. The van der Waals surface area contributed by atoms with Crippen LogP contribution in [0, 0.1) is 64.3 Å². The number of tetrazole rings is 1. The van der Waals surface area contributed by atoms with Gasteiger partial charge in [-0.25, -0.2) is 17.9 Å². The fourth-order valence-electron chi connectivity index (χ4n) is 18.6. The fraction of sp³-hybridized carbons (Fsp3) is 0.600. The molecule has 9 atom stereocenters. The van der Waals surface area contributed by atoms with Crippen LogP contribution in [0.25, 0.3) is 0 Å². The van der Waals surface area contributed by atoms with Gasteiger partial charge in [0.1, 0.15) is 77.3 Å². The molecule has 3 saturated carbocycles. The summed E-state index contributed by atoms with van der Waals surface area (Å²) in [5.41, 5.74) is 5.76. The van der Waals surface area contributed by atoms with Gasteiger partial charge in [0.2, 0.25) is 59.0 Å². The largest absolute Gasteiger partial charge is 0.364 e. The Morgan fingerprint density at radius 3 is 1.14 bits per heavy atom. The van der Waals surface area contributed by atoms with Gasteiger partial charge in [-0.3, -0.25) is 62.5 Å². The number of amides is 12. The number of rotatable bonds is 33. The number of aromatic nitrogens is 6. The summed E-state index contributed by atoms with van der Waals surface area (Å²) in [4.78, 5) is 173. The van der Waals surface area contributed by atoms with E-state index in [1.54, 1.807) is 95.2 Å². The Kier molecular flexibility index (Phi) is 40.0. The molecule has 3 aromatic heterocycles. The number of nitrogens with zero attached hydrogens (tertiary/aromatic N) is 13. The van der Waals surface area contributed by atoms with Crippen LogP contribution in [-0.2, 0) is 66.0 Å². The topological polar surface area (TPSA) is 465 Å². The molecule has 6 fully saturated rings. The van der Waals surface area contributed by atoms with Crippen LogP contribution in [0.3, 0.4) is 0 Å². The molecule has 12 amide bonds.